The summed E-state index contributed by atoms with van der Waals surface area (Å²) in [5.41, 5.74) is -0.320. The molecule has 8 heteroatoms. The summed E-state index contributed by atoms with van der Waals surface area (Å²) in [4.78, 5) is 18.0. The van der Waals surface area contributed by atoms with Crippen molar-refractivity contribution in [1.82, 2.24) is 15.3 Å². The van der Waals surface area contributed by atoms with Crippen LogP contribution in [0.15, 0.2) is 6.33 Å². The second-order valence-electron chi connectivity index (χ2n) is 4.30. The van der Waals surface area contributed by atoms with Gasteiger partial charge in [0, 0.05) is 0 Å². The van der Waals surface area contributed by atoms with Gasteiger partial charge in [-0.25, -0.2) is 0 Å². The first kappa shape index (κ1) is 13.5. The van der Waals surface area contributed by atoms with Crippen LogP contribution in [-0.4, -0.2) is 41.7 Å². The first-order chi connectivity index (χ1) is 9.22. The van der Waals surface area contributed by atoms with Gasteiger partial charge in [0.2, 0.25) is 0 Å². The van der Waals surface area contributed by atoms with E-state index >= 15 is 0 Å². The number of hydrogen-bond donors (Lipinski definition) is 1. The lowest BCUT2D eigenvalue weighted by molar-refractivity contribution is -0.387. The molecule has 0 atom stereocenters. The number of methoxy groups -OCH3 is 1. The van der Waals surface area contributed by atoms with Gasteiger partial charge < -0.3 is 14.8 Å². The van der Waals surface area contributed by atoms with Crippen LogP contribution in [0.25, 0.3) is 0 Å². The summed E-state index contributed by atoms with van der Waals surface area (Å²) in [6, 6.07) is 0. The molecule has 0 spiro atoms. The van der Waals surface area contributed by atoms with Gasteiger partial charge in [0.25, 0.3) is 0 Å². The molecule has 0 radical (unpaired) electrons. The predicted molar refractivity (Wildman–Crippen MR) is 66.3 cm³/mol. The Hall–Kier alpha value is -1.96. The minimum Gasteiger partial charge on any atom is -0.476 e. The van der Waals surface area contributed by atoms with Crippen molar-refractivity contribution in [3.8, 4) is 11.8 Å². The first-order valence-corrected chi connectivity index (χ1v) is 6.09. The highest BCUT2D eigenvalue weighted by Gasteiger charge is 2.26. The van der Waals surface area contributed by atoms with Gasteiger partial charge >= 0.3 is 17.4 Å². The molecule has 1 aromatic rings. The van der Waals surface area contributed by atoms with Crippen molar-refractivity contribution >= 4 is 5.69 Å². The average molecular weight is 268 g/mol. The molecule has 0 aromatic carbocycles. The Morgan fingerprint density at radius 1 is 1.42 bits per heavy atom. The number of hydrogen-bond acceptors (Lipinski definition) is 7. The fraction of sp³-hybridized carbons (Fsp3) is 0.636. The van der Waals surface area contributed by atoms with Gasteiger partial charge in [-0.3, -0.25) is 10.1 Å². The Bertz CT molecular complexity index is 448. The summed E-state index contributed by atoms with van der Waals surface area (Å²) in [6.07, 6.45) is 3.19. The van der Waals surface area contributed by atoms with Gasteiger partial charge in [-0.1, -0.05) is 0 Å². The van der Waals surface area contributed by atoms with E-state index in [0.717, 1.165) is 25.9 Å². The average Bonchev–Trinajstić information content (AvgIpc) is 2.45. The molecule has 1 fully saturated rings. The van der Waals surface area contributed by atoms with E-state index in [1.807, 2.05) is 0 Å². The highest BCUT2D eigenvalue weighted by atomic mass is 16.6. The van der Waals surface area contributed by atoms with Crippen LogP contribution in [0, 0.1) is 16.0 Å². The predicted octanol–water partition coefficient (Wildman–Crippen LogP) is 0.772. The maximum absolute atomic E-state index is 11.0. The SMILES string of the molecule is COc1ncnc(OCC2CCNCC2)c1[N+](=O)[O-]. The van der Waals surface area contributed by atoms with Gasteiger partial charge in [0.1, 0.15) is 6.33 Å². The summed E-state index contributed by atoms with van der Waals surface area (Å²) < 4.78 is 10.3. The van der Waals surface area contributed by atoms with Crippen LogP contribution in [0.1, 0.15) is 12.8 Å². The Morgan fingerprint density at radius 3 is 2.74 bits per heavy atom. The van der Waals surface area contributed by atoms with E-state index in [1.165, 1.54) is 13.4 Å². The molecule has 8 nitrogen and oxygen atoms in total. The summed E-state index contributed by atoms with van der Waals surface area (Å²) >= 11 is 0. The second-order valence-corrected chi connectivity index (χ2v) is 4.30. The van der Waals surface area contributed by atoms with E-state index in [9.17, 15) is 10.1 Å². The largest absolute Gasteiger partial charge is 0.476 e. The summed E-state index contributed by atoms with van der Waals surface area (Å²) in [7, 11) is 1.33. The summed E-state index contributed by atoms with van der Waals surface area (Å²) in [6.45, 7) is 2.31. The molecule has 2 heterocycles. The molecular formula is C11H16N4O4. The minimum absolute atomic E-state index is 0.0321. The van der Waals surface area contributed by atoms with Crippen LogP contribution in [0.5, 0.6) is 11.8 Å². The van der Waals surface area contributed by atoms with Gasteiger partial charge in [-0.15, -0.1) is 0 Å². The minimum atomic E-state index is -0.587. The third kappa shape index (κ3) is 3.28. The van der Waals surface area contributed by atoms with Crippen molar-refractivity contribution in [2.24, 2.45) is 5.92 Å². The van der Waals surface area contributed by atoms with Crippen LogP contribution in [-0.2, 0) is 0 Å². The molecule has 1 N–H and O–H groups in total. The Kier molecular flexibility index (Phi) is 4.45. The van der Waals surface area contributed by atoms with Crippen molar-refractivity contribution in [3.05, 3.63) is 16.4 Å². The van der Waals surface area contributed by atoms with Gasteiger partial charge in [-0.2, -0.15) is 9.97 Å². The van der Waals surface area contributed by atoms with E-state index in [1.54, 1.807) is 0 Å². The molecule has 0 bridgehead atoms. The van der Waals surface area contributed by atoms with Crippen molar-refractivity contribution in [2.75, 3.05) is 26.8 Å². The molecule has 1 aromatic heterocycles. The zero-order valence-corrected chi connectivity index (χ0v) is 10.7. The quantitative estimate of drug-likeness (QED) is 0.622. The third-order valence-corrected chi connectivity index (χ3v) is 3.05. The van der Waals surface area contributed by atoms with E-state index in [2.05, 4.69) is 15.3 Å². The monoisotopic (exact) mass is 268 g/mol. The Labute approximate surface area is 110 Å². The number of aromatic nitrogens is 2. The summed E-state index contributed by atoms with van der Waals surface area (Å²) in [5, 5.41) is 14.3. The molecule has 0 saturated carbocycles. The fourth-order valence-electron chi connectivity index (χ4n) is 2.00. The van der Waals surface area contributed by atoms with Crippen molar-refractivity contribution < 1.29 is 14.4 Å². The van der Waals surface area contributed by atoms with Crippen LogP contribution in [0.2, 0.25) is 0 Å². The van der Waals surface area contributed by atoms with Gasteiger partial charge in [0.15, 0.2) is 0 Å². The van der Waals surface area contributed by atoms with Crippen LogP contribution >= 0.6 is 0 Å². The summed E-state index contributed by atoms with van der Waals surface area (Å²) in [5.74, 6) is 0.275. The van der Waals surface area contributed by atoms with E-state index < -0.39 is 4.92 Å². The van der Waals surface area contributed by atoms with E-state index in [4.69, 9.17) is 9.47 Å². The standard InChI is InChI=1S/C11H16N4O4/c1-18-10-9(15(16)17)11(14-7-13-10)19-6-8-2-4-12-5-3-8/h7-8,12H,2-6H2,1H3. The van der Waals surface area contributed by atoms with Crippen LogP contribution in [0.3, 0.4) is 0 Å². The van der Waals surface area contributed by atoms with Gasteiger partial charge in [0.05, 0.1) is 18.6 Å². The molecular weight excluding hydrogens is 252 g/mol. The van der Waals surface area contributed by atoms with Crippen molar-refractivity contribution in [2.45, 2.75) is 12.8 Å². The molecule has 1 aliphatic heterocycles. The van der Waals surface area contributed by atoms with Crippen LogP contribution in [0.4, 0.5) is 5.69 Å². The fourth-order valence-corrected chi connectivity index (χ4v) is 2.00. The van der Waals surface area contributed by atoms with Crippen molar-refractivity contribution in [3.63, 3.8) is 0 Å². The zero-order chi connectivity index (χ0) is 13.7. The number of nitrogens with one attached hydrogen (secondary N) is 1. The zero-order valence-electron chi connectivity index (χ0n) is 10.7. The molecule has 104 valence electrons. The molecule has 19 heavy (non-hydrogen) atoms. The normalized spacial score (nSPS) is 16.1. The Morgan fingerprint density at radius 2 is 2.11 bits per heavy atom. The number of rotatable bonds is 5. The first-order valence-electron chi connectivity index (χ1n) is 6.09. The van der Waals surface area contributed by atoms with Crippen LogP contribution < -0.4 is 14.8 Å². The number of nitro groups is 1. The third-order valence-electron chi connectivity index (χ3n) is 3.05. The molecule has 0 unspecified atom stereocenters. The maximum atomic E-state index is 11.0. The second kappa shape index (κ2) is 6.28. The number of nitrogens with zero attached hydrogens (tertiary/aromatic N) is 3. The molecule has 0 amide bonds. The van der Waals surface area contributed by atoms with Crippen molar-refractivity contribution in [1.29, 1.82) is 0 Å². The lowest BCUT2D eigenvalue weighted by Gasteiger charge is -2.22. The number of ether oxygens (including phenoxy) is 2. The molecule has 1 aliphatic rings. The maximum Gasteiger partial charge on any atom is 0.392 e. The highest BCUT2D eigenvalue weighted by Crippen LogP contribution is 2.32. The lowest BCUT2D eigenvalue weighted by atomic mass is 9.99. The number of piperidine rings is 1. The highest BCUT2D eigenvalue weighted by molar-refractivity contribution is 5.48. The Balaban J connectivity index is 2.08. The molecule has 2 rings (SSSR count). The lowest BCUT2D eigenvalue weighted by Crippen LogP contribution is -2.30. The topological polar surface area (TPSA) is 99.4 Å². The van der Waals surface area contributed by atoms with E-state index in [-0.39, 0.29) is 17.4 Å². The molecule has 1 saturated heterocycles. The van der Waals surface area contributed by atoms with Gasteiger partial charge in [-0.05, 0) is 31.8 Å². The smallest absolute Gasteiger partial charge is 0.392 e. The van der Waals surface area contributed by atoms with E-state index in [0.29, 0.717) is 12.5 Å². The molecule has 0 aliphatic carbocycles.